The molecule has 25 heavy (non-hydrogen) atoms. The van der Waals surface area contributed by atoms with Gasteiger partial charge in [0.25, 0.3) is 0 Å². The number of hydrogen-bond acceptors (Lipinski definition) is 9. The van der Waals surface area contributed by atoms with Crippen molar-refractivity contribution in [3.63, 3.8) is 0 Å². The summed E-state index contributed by atoms with van der Waals surface area (Å²) in [6.07, 6.45) is 2.78. The highest BCUT2D eigenvalue weighted by Crippen LogP contribution is 2.53. The second kappa shape index (κ2) is 6.21. The lowest BCUT2D eigenvalue weighted by atomic mass is 9.74. The number of aromatic nitrogens is 2. The third kappa shape index (κ3) is 2.69. The van der Waals surface area contributed by atoms with Crippen molar-refractivity contribution in [3.8, 4) is 5.88 Å². The number of ether oxygens (including phenoxy) is 3. The van der Waals surface area contributed by atoms with Crippen molar-refractivity contribution in [3.05, 3.63) is 5.69 Å². The van der Waals surface area contributed by atoms with E-state index in [-0.39, 0.29) is 11.8 Å². The van der Waals surface area contributed by atoms with Crippen LogP contribution in [0.3, 0.4) is 0 Å². The van der Waals surface area contributed by atoms with E-state index in [1.54, 1.807) is 0 Å². The molecule has 0 aliphatic carbocycles. The number of hydrogen-bond donors (Lipinski definition) is 0. The zero-order valence-corrected chi connectivity index (χ0v) is 15.1. The van der Waals surface area contributed by atoms with Gasteiger partial charge in [-0.1, -0.05) is 13.8 Å². The van der Waals surface area contributed by atoms with Gasteiger partial charge in [0.15, 0.2) is 0 Å². The smallest absolute Gasteiger partial charge is 0.421 e. The summed E-state index contributed by atoms with van der Waals surface area (Å²) in [7, 11) is 0. The van der Waals surface area contributed by atoms with Crippen molar-refractivity contribution >= 4 is 23.7 Å². The first kappa shape index (κ1) is 16.7. The SMILES string of the molecule is CC(C)CCOc1nsnc1C1C2CCN(CC2)C12OC(=O)C(=O)O2. The minimum Gasteiger partial charge on any atom is -0.476 e. The van der Waals surface area contributed by atoms with Crippen molar-refractivity contribution in [2.75, 3.05) is 19.7 Å². The summed E-state index contributed by atoms with van der Waals surface area (Å²) in [5, 5.41) is 0. The number of piperidine rings is 3. The molecule has 0 radical (unpaired) electrons. The fourth-order valence-corrected chi connectivity index (χ4v) is 4.47. The van der Waals surface area contributed by atoms with Crippen LogP contribution in [0, 0.1) is 11.8 Å². The fraction of sp³-hybridized carbons (Fsp3) is 0.750. The van der Waals surface area contributed by atoms with Gasteiger partial charge >= 0.3 is 17.8 Å². The number of nitrogens with zero attached hydrogens (tertiary/aromatic N) is 3. The van der Waals surface area contributed by atoms with E-state index in [1.165, 1.54) is 0 Å². The first-order valence-corrected chi connectivity index (χ1v) is 9.41. The molecule has 0 saturated carbocycles. The van der Waals surface area contributed by atoms with Crippen molar-refractivity contribution in [2.24, 2.45) is 11.8 Å². The van der Waals surface area contributed by atoms with Gasteiger partial charge in [-0.2, -0.15) is 4.37 Å². The van der Waals surface area contributed by atoms with Crippen LogP contribution in [0.1, 0.15) is 44.7 Å². The largest absolute Gasteiger partial charge is 0.476 e. The predicted molar refractivity (Wildman–Crippen MR) is 86.8 cm³/mol. The Labute approximate surface area is 149 Å². The highest BCUT2D eigenvalue weighted by molar-refractivity contribution is 6.99. The van der Waals surface area contributed by atoms with Crippen LogP contribution in [0.4, 0.5) is 0 Å². The topological polar surface area (TPSA) is 90.9 Å². The Balaban J connectivity index is 1.65. The third-order valence-electron chi connectivity index (χ3n) is 5.20. The molecule has 1 spiro atoms. The molecule has 1 unspecified atom stereocenters. The molecule has 9 heteroatoms. The van der Waals surface area contributed by atoms with E-state index in [0.29, 0.717) is 24.1 Å². The van der Waals surface area contributed by atoms with E-state index in [4.69, 9.17) is 14.2 Å². The summed E-state index contributed by atoms with van der Waals surface area (Å²) in [6, 6.07) is 0. The zero-order chi connectivity index (χ0) is 17.6. The number of esters is 2. The van der Waals surface area contributed by atoms with Gasteiger partial charge in [0.05, 0.1) is 18.3 Å². The van der Waals surface area contributed by atoms with Crippen molar-refractivity contribution in [1.82, 2.24) is 13.6 Å². The average Bonchev–Trinajstić information content (AvgIpc) is 3.14. The number of carbonyl (C=O) groups excluding carboxylic acids is 2. The van der Waals surface area contributed by atoms with E-state index in [9.17, 15) is 9.59 Å². The normalized spacial score (nSPS) is 30.0. The van der Waals surface area contributed by atoms with E-state index in [0.717, 1.165) is 44.1 Å². The number of carbonyl (C=O) groups is 2. The average molecular weight is 367 g/mol. The van der Waals surface area contributed by atoms with Crippen LogP contribution >= 0.6 is 11.7 Å². The van der Waals surface area contributed by atoms with Crippen LogP contribution < -0.4 is 4.74 Å². The number of fused-ring (bicyclic) bond motifs is 2. The van der Waals surface area contributed by atoms with Crippen molar-refractivity contribution in [2.45, 2.75) is 44.9 Å². The van der Waals surface area contributed by atoms with Crippen LogP contribution in [0.2, 0.25) is 0 Å². The van der Waals surface area contributed by atoms with Crippen LogP contribution in [0.25, 0.3) is 0 Å². The minimum atomic E-state index is -1.39. The fourth-order valence-electron chi connectivity index (χ4n) is 3.93. The highest BCUT2D eigenvalue weighted by Gasteiger charge is 2.66. The van der Waals surface area contributed by atoms with Gasteiger partial charge in [0, 0.05) is 13.1 Å². The van der Waals surface area contributed by atoms with Crippen LogP contribution in [-0.4, -0.2) is 51.2 Å². The summed E-state index contributed by atoms with van der Waals surface area (Å²) in [5.74, 6) is -2.44. The molecular formula is C16H21N3O5S. The van der Waals surface area contributed by atoms with Gasteiger partial charge in [-0.3, -0.25) is 0 Å². The molecule has 1 aromatic heterocycles. The lowest BCUT2D eigenvalue weighted by Crippen LogP contribution is -2.64. The summed E-state index contributed by atoms with van der Waals surface area (Å²) < 4.78 is 25.5. The molecule has 4 saturated heterocycles. The minimum absolute atomic E-state index is 0.208. The van der Waals surface area contributed by atoms with E-state index in [1.807, 2.05) is 4.90 Å². The molecular weight excluding hydrogens is 346 g/mol. The summed E-state index contributed by atoms with van der Waals surface area (Å²) in [5.41, 5.74) is 0.630. The molecule has 2 bridgehead atoms. The monoisotopic (exact) mass is 367 g/mol. The first-order chi connectivity index (χ1) is 12.0. The van der Waals surface area contributed by atoms with E-state index < -0.39 is 17.8 Å². The molecule has 4 fully saturated rings. The highest BCUT2D eigenvalue weighted by atomic mass is 32.1. The Morgan fingerprint density at radius 2 is 1.92 bits per heavy atom. The maximum atomic E-state index is 11.8. The second-order valence-electron chi connectivity index (χ2n) is 7.20. The molecule has 1 aromatic rings. The van der Waals surface area contributed by atoms with Gasteiger partial charge in [-0.05, 0) is 31.1 Å². The molecule has 136 valence electrons. The van der Waals surface area contributed by atoms with Crippen molar-refractivity contribution < 1.29 is 23.8 Å². The number of rotatable bonds is 5. The maximum absolute atomic E-state index is 11.8. The molecule has 5 rings (SSSR count). The van der Waals surface area contributed by atoms with E-state index >= 15 is 0 Å². The summed E-state index contributed by atoms with van der Waals surface area (Å²) in [4.78, 5) is 25.5. The Hall–Kier alpha value is -1.74. The predicted octanol–water partition coefficient (Wildman–Crippen LogP) is 1.53. The van der Waals surface area contributed by atoms with E-state index in [2.05, 4.69) is 22.6 Å². The molecule has 5 heterocycles. The maximum Gasteiger partial charge on any atom is 0.421 e. The Bertz CT molecular complexity index is 667. The van der Waals surface area contributed by atoms with Gasteiger partial charge in [-0.15, -0.1) is 4.37 Å². The molecule has 1 atom stereocenters. The molecule has 4 aliphatic rings. The van der Waals surface area contributed by atoms with Crippen LogP contribution in [0.5, 0.6) is 5.88 Å². The standard InChI is InChI=1S/C16H21N3O5S/c1-9(2)5-8-22-13-12(17-25-18-13)11-10-3-6-19(7-4-10)16(11)23-14(20)15(21)24-16/h9-11H,3-8H2,1-2H3. The molecule has 4 aliphatic heterocycles. The van der Waals surface area contributed by atoms with Crippen LogP contribution in [-0.2, 0) is 19.1 Å². The Kier molecular flexibility index (Phi) is 4.15. The molecule has 0 N–H and O–H groups in total. The zero-order valence-electron chi connectivity index (χ0n) is 14.3. The lowest BCUT2D eigenvalue weighted by molar-refractivity contribution is -0.299. The molecule has 0 amide bonds. The summed E-state index contributed by atoms with van der Waals surface area (Å²) in [6.45, 7) is 6.25. The van der Waals surface area contributed by atoms with Gasteiger partial charge < -0.3 is 14.2 Å². The van der Waals surface area contributed by atoms with Gasteiger partial charge in [-0.25, -0.2) is 14.5 Å². The lowest BCUT2D eigenvalue weighted by Gasteiger charge is -2.52. The molecule has 8 nitrogen and oxygen atoms in total. The second-order valence-corrected chi connectivity index (χ2v) is 7.73. The Morgan fingerprint density at radius 1 is 1.24 bits per heavy atom. The first-order valence-electron chi connectivity index (χ1n) is 8.68. The van der Waals surface area contributed by atoms with Crippen LogP contribution in [0.15, 0.2) is 0 Å². The van der Waals surface area contributed by atoms with Crippen molar-refractivity contribution in [1.29, 1.82) is 0 Å². The quantitative estimate of drug-likeness (QED) is 0.572. The third-order valence-corrected chi connectivity index (χ3v) is 5.73. The summed E-state index contributed by atoms with van der Waals surface area (Å²) >= 11 is 1.07. The van der Waals surface area contributed by atoms with Gasteiger partial charge in [0.1, 0.15) is 11.6 Å². The molecule has 0 aromatic carbocycles. The Morgan fingerprint density at radius 3 is 2.56 bits per heavy atom. The van der Waals surface area contributed by atoms with Gasteiger partial charge in [0.2, 0.25) is 5.88 Å².